The van der Waals surface area contributed by atoms with Crippen LogP contribution in [0.15, 0.2) is 42.5 Å². The maximum Gasteiger partial charge on any atom is 0.0438 e. The van der Waals surface area contributed by atoms with Gasteiger partial charge in [0, 0.05) is 29.3 Å². The second-order valence-electron chi connectivity index (χ2n) is 7.93. The summed E-state index contributed by atoms with van der Waals surface area (Å²) in [6, 6.07) is 15.5. The maximum atomic E-state index is 6.58. The predicted molar refractivity (Wildman–Crippen MR) is 124 cm³/mol. The van der Waals surface area contributed by atoms with Gasteiger partial charge in [-0.15, -0.1) is 0 Å². The van der Waals surface area contributed by atoms with Crippen LogP contribution in [0.3, 0.4) is 0 Å². The molecule has 0 saturated carbocycles. The lowest BCUT2D eigenvalue weighted by molar-refractivity contribution is 0.467. The Labute approximate surface area is 180 Å². The smallest absolute Gasteiger partial charge is 0.0438 e. The zero-order chi connectivity index (χ0) is 19.9. The molecule has 1 aliphatic rings. The molecule has 2 nitrogen and oxygen atoms in total. The minimum atomic E-state index is 0.204. The number of nitrogens with zero attached hydrogens (tertiary/aromatic N) is 1. The maximum absolute atomic E-state index is 6.58. The Bertz CT molecular complexity index is 764. The average molecular weight is 417 g/mol. The van der Waals surface area contributed by atoms with Crippen LogP contribution in [-0.2, 0) is 19.3 Å². The van der Waals surface area contributed by atoms with E-state index in [0.717, 1.165) is 37.3 Å². The molecule has 0 spiro atoms. The van der Waals surface area contributed by atoms with Crippen LogP contribution in [0.1, 0.15) is 54.4 Å². The van der Waals surface area contributed by atoms with Gasteiger partial charge >= 0.3 is 0 Å². The van der Waals surface area contributed by atoms with E-state index in [-0.39, 0.29) is 6.04 Å². The van der Waals surface area contributed by atoms with Crippen molar-refractivity contribution >= 4 is 23.5 Å². The summed E-state index contributed by atoms with van der Waals surface area (Å²) in [5.41, 5.74) is 12.1. The second-order valence-corrected chi connectivity index (χ2v) is 9.62. The third kappa shape index (κ3) is 5.76. The number of halogens is 1. The molecule has 152 valence electrons. The van der Waals surface area contributed by atoms with E-state index in [9.17, 15) is 0 Å². The molecule has 4 heteroatoms. The van der Waals surface area contributed by atoms with Crippen LogP contribution in [0.2, 0.25) is 5.02 Å². The molecular formula is C24H33ClN2S. The summed E-state index contributed by atoms with van der Waals surface area (Å²) < 4.78 is 2.37. The summed E-state index contributed by atoms with van der Waals surface area (Å²) in [7, 11) is 2.20. The number of rotatable bonds is 9. The molecule has 2 unspecified atom stereocenters. The number of aryl methyl sites for hydroxylation is 2. The third-order valence-electron chi connectivity index (χ3n) is 5.73. The van der Waals surface area contributed by atoms with Gasteiger partial charge in [-0.3, -0.25) is 4.31 Å². The summed E-state index contributed by atoms with van der Waals surface area (Å²) in [6.07, 6.45) is 6.61. The quantitative estimate of drug-likeness (QED) is 0.519. The SMILES string of the molecule is CCCSN(C)CCCc1ccc2c(c1)C(Cc1ccccc1Cl)C(N)CC2. The third-order valence-corrected chi connectivity index (χ3v) is 7.31. The predicted octanol–water partition coefficient (Wildman–Crippen LogP) is 5.86. The van der Waals surface area contributed by atoms with Gasteiger partial charge in [-0.1, -0.05) is 66.9 Å². The van der Waals surface area contributed by atoms with Crippen molar-refractivity contribution in [1.82, 2.24) is 4.31 Å². The molecule has 2 aromatic carbocycles. The number of benzene rings is 2. The summed E-state index contributed by atoms with van der Waals surface area (Å²) in [5.74, 6) is 1.56. The minimum Gasteiger partial charge on any atom is -0.327 e. The first-order valence-electron chi connectivity index (χ1n) is 10.5. The van der Waals surface area contributed by atoms with Gasteiger partial charge in [-0.05, 0) is 73.9 Å². The Morgan fingerprint density at radius 3 is 2.82 bits per heavy atom. The first-order chi connectivity index (χ1) is 13.6. The highest BCUT2D eigenvalue weighted by molar-refractivity contribution is 7.96. The van der Waals surface area contributed by atoms with Crippen LogP contribution in [0.25, 0.3) is 0 Å². The fourth-order valence-corrected chi connectivity index (χ4v) is 5.07. The standard InChI is InChI=1S/C24H33ClN2S/c1-3-15-28-27(2)14-6-7-18-10-11-19-12-13-24(26)22(21(19)16-18)17-20-8-4-5-9-23(20)25/h4-5,8-11,16,22,24H,3,6-7,12-15,17,26H2,1-2H3. The van der Waals surface area contributed by atoms with E-state index >= 15 is 0 Å². The average Bonchev–Trinajstić information content (AvgIpc) is 2.70. The lowest BCUT2D eigenvalue weighted by Crippen LogP contribution is -2.34. The van der Waals surface area contributed by atoms with Gasteiger partial charge in [0.2, 0.25) is 0 Å². The van der Waals surface area contributed by atoms with Crippen molar-refractivity contribution in [2.24, 2.45) is 5.73 Å². The van der Waals surface area contributed by atoms with E-state index in [1.807, 2.05) is 24.1 Å². The minimum absolute atomic E-state index is 0.204. The van der Waals surface area contributed by atoms with E-state index in [1.54, 1.807) is 0 Å². The highest BCUT2D eigenvalue weighted by atomic mass is 35.5. The Morgan fingerprint density at radius 1 is 1.21 bits per heavy atom. The van der Waals surface area contributed by atoms with Gasteiger partial charge in [0.25, 0.3) is 0 Å². The molecule has 0 saturated heterocycles. The van der Waals surface area contributed by atoms with Crippen LogP contribution in [0, 0.1) is 0 Å². The Kier molecular flexibility index (Phi) is 8.28. The van der Waals surface area contributed by atoms with Gasteiger partial charge in [0.1, 0.15) is 0 Å². The molecule has 28 heavy (non-hydrogen) atoms. The summed E-state index contributed by atoms with van der Waals surface area (Å²) in [4.78, 5) is 0. The van der Waals surface area contributed by atoms with E-state index in [0.29, 0.717) is 5.92 Å². The highest BCUT2D eigenvalue weighted by Gasteiger charge is 2.27. The van der Waals surface area contributed by atoms with Crippen molar-refractivity contribution in [1.29, 1.82) is 0 Å². The zero-order valence-corrected chi connectivity index (χ0v) is 18.7. The molecule has 0 heterocycles. The molecule has 0 fully saturated rings. The molecule has 2 N–H and O–H groups in total. The molecule has 0 aromatic heterocycles. The first kappa shape index (κ1) is 21.7. The lowest BCUT2D eigenvalue weighted by atomic mass is 9.76. The van der Waals surface area contributed by atoms with E-state index in [2.05, 4.69) is 48.6 Å². The van der Waals surface area contributed by atoms with Gasteiger partial charge in [-0.2, -0.15) is 0 Å². The summed E-state index contributed by atoms with van der Waals surface area (Å²) >= 11 is 8.38. The molecular weight excluding hydrogens is 384 g/mol. The molecule has 0 aliphatic heterocycles. The fourth-order valence-electron chi connectivity index (χ4n) is 4.11. The number of hydrogen-bond acceptors (Lipinski definition) is 3. The zero-order valence-electron chi connectivity index (χ0n) is 17.2. The van der Waals surface area contributed by atoms with Gasteiger partial charge in [0.05, 0.1) is 0 Å². The molecule has 2 atom stereocenters. The van der Waals surface area contributed by atoms with Gasteiger partial charge < -0.3 is 5.73 Å². The van der Waals surface area contributed by atoms with Crippen LogP contribution in [0.5, 0.6) is 0 Å². The molecule has 0 amide bonds. The Hall–Kier alpha value is -1.00. The van der Waals surface area contributed by atoms with Crippen LogP contribution < -0.4 is 5.73 Å². The highest BCUT2D eigenvalue weighted by Crippen LogP contribution is 2.35. The number of hydrogen-bond donors (Lipinski definition) is 1. The van der Waals surface area contributed by atoms with Crippen molar-refractivity contribution in [2.75, 3.05) is 19.3 Å². The normalized spacial score (nSPS) is 19.0. The Balaban J connectivity index is 1.69. The van der Waals surface area contributed by atoms with Crippen LogP contribution in [0.4, 0.5) is 0 Å². The van der Waals surface area contributed by atoms with Crippen molar-refractivity contribution in [3.8, 4) is 0 Å². The van der Waals surface area contributed by atoms with Crippen LogP contribution in [-0.4, -0.2) is 29.7 Å². The number of nitrogens with two attached hydrogens (primary N) is 1. The fraction of sp³-hybridized carbons (Fsp3) is 0.500. The Morgan fingerprint density at radius 2 is 2.04 bits per heavy atom. The molecule has 1 aliphatic carbocycles. The van der Waals surface area contributed by atoms with Gasteiger partial charge in [-0.25, -0.2) is 0 Å². The van der Waals surface area contributed by atoms with Crippen molar-refractivity contribution in [3.05, 3.63) is 69.7 Å². The van der Waals surface area contributed by atoms with E-state index < -0.39 is 0 Å². The molecule has 0 bridgehead atoms. The van der Waals surface area contributed by atoms with Crippen LogP contribution >= 0.6 is 23.5 Å². The molecule has 0 radical (unpaired) electrons. The topological polar surface area (TPSA) is 29.3 Å². The van der Waals surface area contributed by atoms with Crippen molar-refractivity contribution < 1.29 is 0 Å². The monoisotopic (exact) mass is 416 g/mol. The van der Waals surface area contributed by atoms with E-state index in [4.69, 9.17) is 17.3 Å². The van der Waals surface area contributed by atoms with E-state index in [1.165, 1.54) is 40.8 Å². The van der Waals surface area contributed by atoms with Crippen molar-refractivity contribution in [3.63, 3.8) is 0 Å². The molecule has 2 aromatic rings. The summed E-state index contributed by atoms with van der Waals surface area (Å²) in [6.45, 7) is 3.36. The molecule has 3 rings (SSSR count). The lowest BCUT2D eigenvalue weighted by Gasteiger charge is -2.32. The summed E-state index contributed by atoms with van der Waals surface area (Å²) in [5, 5.41) is 0.852. The first-order valence-corrected chi connectivity index (χ1v) is 11.8. The van der Waals surface area contributed by atoms with Crippen molar-refractivity contribution in [2.45, 2.75) is 57.4 Å². The van der Waals surface area contributed by atoms with Gasteiger partial charge in [0.15, 0.2) is 0 Å². The second kappa shape index (κ2) is 10.7. The number of fused-ring (bicyclic) bond motifs is 1. The largest absolute Gasteiger partial charge is 0.327 e.